The molecular weight excluding hydrogens is 560 g/mol. The summed E-state index contributed by atoms with van der Waals surface area (Å²) in [4.78, 5) is 0. The van der Waals surface area contributed by atoms with E-state index in [1.165, 1.54) is 0 Å². The third-order valence-corrected chi connectivity index (χ3v) is 8.92. The molecule has 7 aromatic carbocycles. The van der Waals surface area contributed by atoms with Crippen molar-refractivity contribution in [2.45, 2.75) is 0 Å². The average Bonchev–Trinajstić information content (AvgIpc) is 3.45. The summed E-state index contributed by atoms with van der Waals surface area (Å²) in [5, 5.41) is 43.1. The second kappa shape index (κ2) is 10.3. The Kier molecular flexibility index (Phi) is 5.98. The van der Waals surface area contributed by atoms with Gasteiger partial charge >= 0.3 is 0 Å². The standard InChI is InChI=1S/C42H20N4/c43-21-25-10-12-28(13-11-25)29-14-16-34-37(20-29)39(31-7-2-5-27(19-31)23-45)42-36-17-15-32(24-46)33-8-3-9-35(40(33)36)41(42)38(34)30-6-1-4-26(18-30)22-44/h1-20H. The van der Waals surface area contributed by atoms with Gasteiger partial charge < -0.3 is 0 Å². The van der Waals surface area contributed by atoms with Gasteiger partial charge in [0, 0.05) is 5.39 Å². The molecule has 4 heteroatoms. The van der Waals surface area contributed by atoms with E-state index in [2.05, 4.69) is 48.5 Å². The van der Waals surface area contributed by atoms with Crippen LogP contribution in [0, 0.1) is 45.3 Å². The van der Waals surface area contributed by atoms with Crippen LogP contribution in [0.15, 0.2) is 121 Å². The molecule has 0 aliphatic heterocycles. The Hall–Kier alpha value is -6.98. The van der Waals surface area contributed by atoms with E-state index < -0.39 is 0 Å². The van der Waals surface area contributed by atoms with E-state index in [1.54, 1.807) is 0 Å². The third-order valence-electron chi connectivity index (χ3n) is 8.92. The fourth-order valence-electron chi connectivity index (χ4n) is 6.95. The van der Waals surface area contributed by atoms with Crippen LogP contribution in [0.3, 0.4) is 0 Å². The number of fused-ring (bicyclic) bond motifs is 4. The maximum atomic E-state index is 10.0. The molecule has 4 nitrogen and oxygen atoms in total. The zero-order valence-corrected chi connectivity index (χ0v) is 24.3. The third kappa shape index (κ3) is 3.90. The number of hydrogen-bond acceptors (Lipinski definition) is 4. The Labute approximate surface area is 265 Å². The highest BCUT2D eigenvalue weighted by Crippen LogP contribution is 2.58. The largest absolute Gasteiger partial charge is 0.192 e. The smallest absolute Gasteiger partial charge is 0.0998 e. The Morgan fingerprint density at radius 1 is 0.348 bits per heavy atom. The minimum absolute atomic E-state index is 0.564. The molecule has 0 spiro atoms. The van der Waals surface area contributed by atoms with Crippen LogP contribution in [-0.4, -0.2) is 0 Å². The SMILES string of the molecule is N#Cc1ccc(-c2ccc3c(-c4cccc(C#N)c4)c4c(c(-c5cccc(C#N)c5)c3c2)-c2ccc(C#N)c3cccc-4c23)cc1. The van der Waals surface area contributed by atoms with E-state index in [0.717, 1.165) is 77.2 Å². The fraction of sp³-hybridized carbons (Fsp3) is 0. The minimum Gasteiger partial charge on any atom is -0.192 e. The van der Waals surface area contributed by atoms with Gasteiger partial charge in [0.2, 0.25) is 0 Å². The quantitative estimate of drug-likeness (QED) is 0.208. The van der Waals surface area contributed by atoms with Crippen LogP contribution in [0.4, 0.5) is 0 Å². The molecule has 0 aromatic heterocycles. The van der Waals surface area contributed by atoms with Crippen molar-refractivity contribution in [3.8, 4) is 79.9 Å². The molecule has 8 rings (SSSR count). The minimum atomic E-state index is 0.564. The van der Waals surface area contributed by atoms with Gasteiger partial charge in [-0.15, -0.1) is 0 Å². The molecule has 46 heavy (non-hydrogen) atoms. The Morgan fingerprint density at radius 2 is 0.935 bits per heavy atom. The Bertz CT molecular complexity index is 2620. The molecule has 0 saturated carbocycles. The van der Waals surface area contributed by atoms with Crippen LogP contribution in [0.25, 0.3) is 77.2 Å². The highest BCUT2D eigenvalue weighted by Gasteiger charge is 2.31. The molecule has 0 radical (unpaired) electrons. The fourth-order valence-corrected chi connectivity index (χ4v) is 6.95. The first kappa shape index (κ1) is 26.6. The predicted octanol–water partition coefficient (Wildman–Crippen LogP) is 10.1. The number of hydrogen-bond donors (Lipinski definition) is 0. The summed E-state index contributed by atoms with van der Waals surface area (Å²) in [5.41, 5.74) is 12.3. The molecule has 0 fully saturated rings. The van der Waals surface area contributed by atoms with E-state index in [9.17, 15) is 21.0 Å². The first-order valence-corrected chi connectivity index (χ1v) is 14.8. The summed E-state index contributed by atoms with van der Waals surface area (Å²) in [5.74, 6) is 0. The zero-order chi connectivity index (χ0) is 31.4. The van der Waals surface area contributed by atoms with Gasteiger partial charge in [0.05, 0.1) is 46.5 Å². The van der Waals surface area contributed by atoms with Crippen LogP contribution in [0.1, 0.15) is 22.3 Å². The molecule has 7 aromatic rings. The first-order chi connectivity index (χ1) is 22.6. The first-order valence-electron chi connectivity index (χ1n) is 14.8. The molecule has 0 heterocycles. The lowest BCUT2D eigenvalue weighted by Crippen LogP contribution is -1.95. The predicted molar refractivity (Wildman–Crippen MR) is 181 cm³/mol. The van der Waals surface area contributed by atoms with Gasteiger partial charge in [0.15, 0.2) is 0 Å². The second-order valence-corrected chi connectivity index (χ2v) is 11.3. The molecule has 1 aliphatic carbocycles. The van der Waals surface area contributed by atoms with Crippen LogP contribution in [0.2, 0.25) is 0 Å². The molecule has 0 bridgehead atoms. The Morgan fingerprint density at radius 3 is 1.57 bits per heavy atom. The normalized spacial score (nSPS) is 11.0. The molecule has 0 N–H and O–H groups in total. The summed E-state index contributed by atoms with van der Waals surface area (Å²) in [7, 11) is 0. The average molecular weight is 581 g/mol. The zero-order valence-electron chi connectivity index (χ0n) is 24.3. The summed E-state index contributed by atoms with van der Waals surface area (Å²) in [6.45, 7) is 0. The van der Waals surface area contributed by atoms with Crippen LogP contribution in [0.5, 0.6) is 0 Å². The van der Waals surface area contributed by atoms with Crippen molar-refractivity contribution in [2.24, 2.45) is 0 Å². The van der Waals surface area contributed by atoms with Crippen molar-refractivity contribution >= 4 is 21.5 Å². The molecule has 0 atom stereocenters. The topological polar surface area (TPSA) is 95.2 Å². The maximum absolute atomic E-state index is 10.0. The van der Waals surface area contributed by atoms with Gasteiger partial charge in [-0.1, -0.05) is 72.8 Å². The van der Waals surface area contributed by atoms with E-state index in [4.69, 9.17) is 0 Å². The summed E-state index contributed by atoms with van der Waals surface area (Å²) < 4.78 is 0. The molecule has 0 saturated heterocycles. The molecule has 1 aliphatic rings. The molecule has 208 valence electrons. The second-order valence-electron chi connectivity index (χ2n) is 11.3. The van der Waals surface area contributed by atoms with E-state index in [1.807, 2.05) is 97.1 Å². The van der Waals surface area contributed by atoms with E-state index in [0.29, 0.717) is 22.3 Å². The summed E-state index contributed by atoms with van der Waals surface area (Å²) in [6.07, 6.45) is 0. The van der Waals surface area contributed by atoms with Gasteiger partial charge in [0.25, 0.3) is 0 Å². The number of benzene rings is 7. The van der Waals surface area contributed by atoms with Crippen molar-refractivity contribution in [3.63, 3.8) is 0 Å². The molecule has 0 unspecified atom stereocenters. The lowest BCUT2D eigenvalue weighted by atomic mass is 9.81. The van der Waals surface area contributed by atoms with Gasteiger partial charge in [0.1, 0.15) is 0 Å². The maximum Gasteiger partial charge on any atom is 0.0998 e. The number of rotatable bonds is 3. The van der Waals surface area contributed by atoms with Crippen molar-refractivity contribution in [1.82, 2.24) is 0 Å². The van der Waals surface area contributed by atoms with Crippen molar-refractivity contribution < 1.29 is 0 Å². The van der Waals surface area contributed by atoms with E-state index >= 15 is 0 Å². The number of nitrogens with zero attached hydrogens (tertiary/aromatic N) is 4. The van der Waals surface area contributed by atoms with Crippen molar-refractivity contribution in [2.75, 3.05) is 0 Å². The van der Waals surface area contributed by atoms with Crippen molar-refractivity contribution in [1.29, 1.82) is 21.0 Å². The highest BCUT2D eigenvalue weighted by molar-refractivity contribution is 6.28. The number of nitriles is 4. The van der Waals surface area contributed by atoms with E-state index in [-0.39, 0.29) is 0 Å². The van der Waals surface area contributed by atoms with Crippen LogP contribution in [-0.2, 0) is 0 Å². The van der Waals surface area contributed by atoms with Crippen molar-refractivity contribution in [3.05, 3.63) is 144 Å². The molecule has 0 amide bonds. The van der Waals surface area contributed by atoms with Gasteiger partial charge in [-0.2, -0.15) is 21.0 Å². The summed E-state index contributed by atoms with van der Waals surface area (Å²) >= 11 is 0. The van der Waals surface area contributed by atoms with Crippen LogP contribution >= 0.6 is 0 Å². The lowest BCUT2D eigenvalue weighted by molar-refractivity contribution is 1.48. The highest BCUT2D eigenvalue weighted by atomic mass is 14.3. The van der Waals surface area contributed by atoms with Gasteiger partial charge in [-0.05, 0) is 120 Å². The Balaban J connectivity index is 1.59. The summed E-state index contributed by atoms with van der Waals surface area (Å²) in [6, 6.07) is 48.6. The lowest BCUT2D eigenvalue weighted by Gasteiger charge is -2.21. The van der Waals surface area contributed by atoms with Gasteiger partial charge in [-0.3, -0.25) is 0 Å². The van der Waals surface area contributed by atoms with Gasteiger partial charge in [-0.25, -0.2) is 0 Å². The van der Waals surface area contributed by atoms with Crippen LogP contribution < -0.4 is 0 Å². The monoisotopic (exact) mass is 580 g/mol. The molecular formula is C42H20N4.